The lowest BCUT2D eigenvalue weighted by Gasteiger charge is -2.27. The summed E-state index contributed by atoms with van der Waals surface area (Å²) in [6, 6.07) is 0. The number of amides is 1. The third-order valence-corrected chi connectivity index (χ3v) is 4.09. The number of carbonyl (C=O) groups excluding carboxylic acids is 1. The molecule has 0 aromatic heterocycles. The Labute approximate surface area is 101 Å². The summed E-state index contributed by atoms with van der Waals surface area (Å²) < 4.78 is 5.32. The van der Waals surface area contributed by atoms with Gasteiger partial charge in [0.1, 0.15) is 6.54 Å². The molecule has 1 saturated heterocycles. The molecule has 1 aliphatic heterocycles. The Kier molecular flexibility index (Phi) is 3.54. The van der Waals surface area contributed by atoms with Gasteiger partial charge >= 0.3 is 0 Å². The van der Waals surface area contributed by atoms with Crippen LogP contribution in [-0.4, -0.2) is 44.2 Å². The van der Waals surface area contributed by atoms with Crippen LogP contribution in [0.2, 0.25) is 0 Å². The third-order valence-electron chi connectivity index (χ3n) is 4.09. The Bertz CT molecular complexity index is 353. The molecule has 2 atom stereocenters. The fraction of sp³-hybridized carbons (Fsp3) is 0.909. The van der Waals surface area contributed by atoms with Crippen molar-refractivity contribution < 1.29 is 9.53 Å². The Hall–Kier alpha value is -1.26. The van der Waals surface area contributed by atoms with E-state index in [0.717, 1.165) is 26.1 Å². The van der Waals surface area contributed by atoms with E-state index in [2.05, 4.69) is 10.0 Å². The van der Waals surface area contributed by atoms with E-state index < -0.39 is 0 Å². The molecule has 1 heterocycles. The van der Waals surface area contributed by atoms with Crippen LogP contribution < -0.4 is 0 Å². The summed E-state index contributed by atoms with van der Waals surface area (Å²) in [5, 5.41) is 3.34. The van der Waals surface area contributed by atoms with Crippen molar-refractivity contribution in [3.63, 3.8) is 0 Å². The average molecular weight is 238 g/mol. The lowest BCUT2D eigenvalue weighted by molar-refractivity contribution is -0.129. The normalized spacial score (nSPS) is 31.1. The molecule has 1 saturated carbocycles. The zero-order valence-corrected chi connectivity index (χ0v) is 10.1. The molecule has 17 heavy (non-hydrogen) atoms. The summed E-state index contributed by atoms with van der Waals surface area (Å²) in [6.07, 6.45) is 3.54. The van der Waals surface area contributed by atoms with Crippen LogP contribution in [0.15, 0.2) is 5.11 Å². The van der Waals surface area contributed by atoms with E-state index in [-0.39, 0.29) is 17.9 Å². The van der Waals surface area contributed by atoms with E-state index in [9.17, 15) is 4.79 Å². The van der Waals surface area contributed by atoms with Gasteiger partial charge in [0.2, 0.25) is 5.91 Å². The van der Waals surface area contributed by atoms with Gasteiger partial charge in [0.25, 0.3) is 0 Å². The molecule has 0 spiro atoms. The zero-order chi connectivity index (χ0) is 12.3. The Morgan fingerprint density at radius 2 is 2.53 bits per heavy atom. The number of carbonyl (C=O) groups is 1. The number of likely N-dealkylation sites (tertiary alicyclic amines) is 1. The standard InChI is InChI=1S/C11H18N4O2/c1-17-8-11-4-2-3-9(11)6-15(7-11)10(16)5-13-14-12/h9H,2-8H2,1H3. The fourth-order valence-electron chi connectivity index (χ4n) is 3.32. The van der Waals surface area contributed by atoms with Gasteiger partial charge in [-0.15, -0.1) is 0 Å². The highest BCUT2D eigenvalue weighted by Crippen LogP contribution is 2.48. The first-order valence-electron chi connectivity index (χ1n) is 5.99. The second-order valence-electron chi connectivity index (χ2n) is 5.05. The second kappa shape index (κ2) is 4.94. The van der Waals surface area contributed by atoms with Crippen LogP contribution in [0, 0.1) is 11.3 Å². The lowest BCUT2D eigenvalue weighted by atomic mass is 9.82. The molecule has 2 fully saturated rings. The summed E-state index contributed by atoms with van der Waals surface area (Å²) in [6.45, 7) is 2.21. The van der Waals surface area contributed by atoms with Gasteiger partial charge < -0.3 is 9.64 Å². The van der Waals surface area contributed by atoms with Crippen LogP contribution in [0.25, 0.3) is 10.4 Å². The maximum atomic E-state index is 11.8. The molecule has 0 aromatic carbocycles. The van der Waals surface area contributed by atoms with Crippen LogP contribution in [-0.2, 0) is 9.53 Å². The lowest BCUT2D eigenvalue weighted by Crippen LogP contribution is -2.35. The van der Waals surface area contributed by atoms with Crippen molar-refractivity contribution >= 4 is 5.91 Å². The number of ether oxygens (including phenoxy) is 1. The van der Waals surface area contributed by atoms with E-state index in [1.807, 2.05) is 4.90 Å². The van der Waals surface area contributed by atoms with Crippen LogP contribution in [0.5, 0.6) is 0 Å². The van der Waals surface area contributed by atoms with E-state index >= 15 is 0 Å². The smallest absolute Gasteiger partial charge is 0.228 e. The largest absolute Gasteiger partial charge is 0.384 e. The van der Waals surface area contributed by atoms with Crippen molar-refractivity contribution in [2.24, 2.45) is 16.4 Å². The first-order chi connectivity index (χ1) is 8.22. The number of nitrogens with zero attached hydrogens (tertiary/aromatic N) is 4. The summed E-state index contributed by atoms with van der Waals surface area (Å²) in [4.78, 5) is 16.3. The number of rotatable bonds is 4. The Morgan fingerprint density at radius 3 is 3.24 bits per heavy atom. The minimum atomic E-state index is -0.0632. The van der Waals surface area contributed by atoms with E-state index in [0.29, 0.717) is 5.92 Å². The number of methoxy groups -OCH3 is 1. The first-order valence-corrected chi connectivity index (χ1v) is 5.99. The van der Waals surface area contributed by atoms with Crippen molar-refractivity contribution in [2.45, 2.75) is 19.3 Å². The molecule has 94 valence electrons. The molecule has 1 aliphatic carbocycles. The SMILES string of the molecule is COCC12CCCC1CN(C(=O)CN=[N+]=[N-])C2. The van der Waals surface area contributed by atoms with E-state index in [1.54, 1.807) is 7.11 Å². The molecular weight excluding hydrogens is 220 g/mol. The van der Waals surface area contributed by atoms with Crippen molar-refractivity contribution in [3.05, 3.63) is 10.4 Å². The molecule has 2 unspecified atom stereocenters. The molecule has 0 N–H and O–H groups in total. The molecule has 0 radical (unpaired) electrons. The fourth-order valence-corrected chi connectivity index (χ4v) is 3.32. The molecule has 2 rings (SSSR count). The average Bonchev–Trinajstić information content (AvgIpc) is 2.82. The number of azide groups is 1. The molecule has 6 nitrogen and oxygen atoms in total. The van der Waals surface area contributed by atoms with Crippen molar-refractivity contribution in [3.8, 4) is 0 Å². The van der Waals surface area contributed by atoms with Crippen molar-refractivity contribution in [1.82, 2.24) is 4.90 Å². The Balaban J connectivity index is 2.02. The molecule has 6 heteroatoms. The molecule has 0 bridgehead atoms. The molecular formula is C11H18N4O2. The van der Waals surface area contributed by atoms with Crippen molar-refractivity contribution in [2.75, 3.05) is 33.4 Å². The van der Waals surface area contributed by atoms with Gasteiger partial charge in [-0.3, -0.25) is 4.79 Å². The van der Waals surface area contributed by atoms with Gasteiger partial charge in [-0.1, -0.05) is 11.5 Å². The van der Waals surface area contributed by atoms with Crippen LogP contribution >= 0.6 is 0 Å². The maximum Gasteiger partial charge on any atom is 0.228 e. The van der Waals surface area contributed by atoms with Gasteiger partial charge in [0.15, 0.2) is 0 Å². The second-order valence-corrected chi connectivity index (χ2v) is 5.05. The highest BCUT2D eigenvalue weighted by Gasteiger charge is 2.50. The monoisotopic (exact) mass is 238 g/mol. The maximum absolute atomic E-state index is 11.8. The summed E-state index contributed by atoms with van der Waals surface area (Å²) in [5.41, 5.74) is 8.38. The number of hydrogen-bond donors (Lipinski definition) is 0. The van der Waals surface area contributed by atoms with E-state index in [1.165, 1.54) is 12.8 Å². The van der Waals surface area contributed by atoms with Crippen molar-refractivity contribution in [1.29, 1.82) is 0 Å². The number of fused-ring (bicyclic) bond motifs is 1. The predicted octanol–water partition coefficient (Wildman–Crippen LogP) is 1.57. The van der Waals surface area contributed by atoms with Gasteiger partial charge in [0, 0.05) is 30.5 Å². The minimum absolute atomic E-state index is 0.0623. The van der Waals surface area contributed by atoms with Crippen LogP contribution in [0.3, 0.4) is 0 Å². The Morgan fingerprint density at radius 1 is 1.71 bits per heavy atom. The number of hydrogen-bond acceptors (Lipinski definition) is 3. The molecule has 1 amide bonds. The highest BCUT2D eigenvalue weighted by molar-refractivity contribution is 5.78. The molecule has 0 aromatic rings. The molecule has 2 aliphatic rings. The van der Waals surface area contributed by atoms with E-state index in [4.69, 9.17) is 10.3 Å². The zero-order valence-electron chi connectivity index (χ0n) is 10.1. The highest BCUT2D eigenvalue weighted by atomic mass is 16.5. The van der Waals surface area contributed by atoms with Crippen LogP contribution in [0.1, 0.15) is 19.3 Å². The summed E-state index contributed by atoms with van der Waals surface area (Å²) in [7, 11) is 1.72. The summed E-state index contributed by atoms with van der Waals surface area (Å²) in [5.74, 6) is 0.491. The van der Waals surface area contributed by atoms with Gasteiger partial charge in [0.05, 0.1) is 6.61 Å². The third kappa shape index (κ3) is 2.23. The first kappa shape index (κ1) is 12.2. The predicted molar refractivity (Wildman–Crippen MR) is 62.2 cm³/mol. The van der Waals surface area contributed by atoms with Gasteiger partial charge in [-0.25, -0.2) is 0 Å². The quantitative estimate of drug-likeness (QED) is 0.423. The van der Waals surface area contributed by atoms with Gasteiger partial charge in [-0.2, -0.15) is 0 Å². The van der Waals surface area contributed by atoms with Crippen LogP contribution in [0.4, 0.5) is 0 Å². The topological polar surface area (TPSA) is 78.3 Å². The summed E-state index contributed by atoms with van der Waals surface area (Å²) >= 11 is 0. The minimum Gasteiger partial charge on any atom is -0.384 e. The van der Waals surface area contributed by atoms with Gasteiger partial charge in [-0.05, 0) is 24.3 Å².